The number of ketones is 1. The summed E-state index contributed by atoms with van der Waals surface area (Å²) in [7, 11) is 0. The minimum atomic E-state index is -0.0815. The number of aliphatic hydroxyl groups excluding tert-OH is 1. The van der Waals surface area contributed by atoms with Crippen molar-refractivity contribution in [3.05, 3.63) is 0 Å². The van der Waals surface area contributed by atoms with E-state index in [0.717, 1.165) is 43.4 Å². The van der Waals surface area contributed by atoms with Crippen molar-refractivity contribution in [3.8, 4) is 0 Å². The second kappa shape index (κ2) is 4.57. The fourth-order valence-corrected chi connectivity index (χ4v) is 7.11. The van der Waals surface area contributed by atoms with Crippen molar-refractivity contribution >= 4 is 5.78 Å². The number of carbonyl (C=O) groups is 1. The van der Waals surface area contributed by atoms with Crippen LogP contribution in [0.4, 0.5) is 0 Å². The van der Waals surface area contributed by atoms with Crippen LogP contribution in [0.5, 0.6) is 0 Å². The Bertz CT molecular complexity index is 458. The van der Waals surface area contributed by atoms with Gasteiger partial charge in [-0.1, -0.05) is 13.8 Å². The average molecular weight is 290 g/mol. The summed E-state index contributed by atoms with van der Waals surface area (Å²) in [6.07, 6.45) is 10.1. The van der Waals surface area contributed by atoms with Gasteiger partial charge in [-0.2, -0.15) is 0 Å². The van der Waals surface area contributed by atoms with Crippen molar-refractivity contribution in [2.24, 2.45) is 34.5 Å². The number of rotatable bonds is 0. The van der Waals surface area contributed by atoms with Gasteiger partial charge in [0.2, 0.25) is 0 Å². The standard InChI is InChI=1S/C19H30O2/c1-18-10-9-16-14(15(18)7-8-17(18)21)6-4-12-3-5-13(20)11-19(12,16)2/h12,14-17,21H,3-11H2,1-2H3/t12-,14+,15+,16+,17+,18+,19+/m1/s1. The van der Waals surface area contributed by atoms with E-state index in [4.69, 9.17) is 0 Å². The van der Waals surface area contributed by atoms with Crippen molar-refractivity contribution in [2.45, 2.75) is 77.7 Å². The number of Topliss-reactive ketones (excluding diaryl/α,β-unsaturated/α-hetero) is 1. The Morgan fingerprint density at radius 2 is 1.71 bits per heavy atom. The lowest BCUT2D eigenvalue weighted by Gasteiger charge is -2.59. The highest BCUT2D eigenvalue weighted by Gasteiger charge is 2.60. The van der Waals surface area contributed by atoms with E-state index in [2.05, 4.69) is 13.8 Å². The molecule has 1 N–H and O–H groups in total. The highest BCUT2D eigenvalue weighted by molar-refractivity contribution is 5.80. The molecule has 0 aliphatic heterocycles. The van der Waals surface area contributed by atoms with Gasteiger partial charge in [-0.05, 0) is 79.4 Å². The van der Waals surface area contributed by atoms with Crippen LogP contribution in [0.2, 0.25) is 0 Å². The van der Waals surface area contributed by atoms with E-state index in [9.17, 15) is 9.90 Å². The molecule has 118 valence electrons. The molecule has 0 aromatic carbocycles. The van der Waals surface area contributed by atoms with Crippen LogP contribution in [0.15, 0.2) is 0 Å². The molecule has 7 atom stereocenters. The van der Waals surface area contributed by atoms with Crippen molar-refractivity contribution in [2.75, 3.05) is 0 Å². The Morgan fingerprint density at radius 1 is 0.952 bits per heavy atom. The maximum absolute atomic E-state index is 12.1. The van der Waals surface area contributed by atoms with Gasteiger partial charge in [-0.15, -0.1) is 0 Å². The molecule has 0 saturated heterocycles. The summed E-state index contributed by atoms with van der Waals surface area (Å²) in [6, 6.07) is 0. The minimum absolute atomic E-state index is 0.0815. The summed E-state index contributed by atoms with van der Waals surface area (Å²) in [5.41, 5.74) is 0.441. The number of aliphatic hydroxyl groups is 1. The smallest absolute Gasteiger partial charge is 0.133 e. The van der Waals surface area contributed by atoms with Crippen molar-refractivity contribution < 1.29 is 9.90 Å². The lowest BCUT2D eigenvalue weighted by Crippen LogP contribution is -2.54. The Labute approximate surface area is 128 Å². The molecule has 0 aromatic rings. The van der Waals surface area contributed by atoms with Crippen LogP contribution in [0.25, 0.3) is 0 Å². The molecule has 0 radical (unpaired) electrons. The third kappa shape index (κ3) is 1.84. The zero-order valence-electron chi connectivity index (χ0n) is 13.6. The van der Waals surface area contributed by atoms with Gasteiger partial charge in [0.05, 0.1) is 6.10 Å². The fourth-order valence-electron chi connectivity index (χ4n) is 7.11. The summed E-state index contributed by atoms with van der Waals surface area (Å²) in [5.74, 6) is 3.51. The molecular weight excluding hydrogens is 260 g/mol. The third-order valence-corrected chi connectivity index (χ3v) is 8.36. The van der Waals surface area contributed by atoms with Gasteiger partial charge in [-0.3, -0.25) is 4.79 Å². The molecule has 0 bridgehead atoms. The topological polar surface area (TPSA) is 37.3 Å². The average Bonchev–Trinajstić information content (AvgIpc) is 2.74. The van der Waals surface area contributed by atoms with Crippen molar-refractivity contribution in [3.63, 3.8) is 0 Å². The van der Waals surface area contributed by atoms with Crippen molar-refractivity contribution in [1.82, 2.24) is 0 Å². The van der Waals surface area contributed by atoms with Gasteiger partial charge in [0, 0.05) is 12.8 Å². The second-order valence-corrected chi connectivity index (χ2v) is 9.05. The zero-order chi connectivity index (χ0) is 14.8. The summed E-state index contributed by atoms with van der Waals surface area (Å²) >= 11 is 0. The monoisotopic (exact) mass is 290 g/mol. The van der Waals surface area contributed by atoms with Crippen LogP contribution in [-0.2, 0) is 4.79 Å². The normalized spacial score (nSPS) is 56.5. The molecule has 0 heterocycles. The first-order chi connectivity index (χ1) is 9.95. The van der Waals surface area contributed by atoms with Gasteiger partial charge < -0.3 is 5.11 Å². The number of hydrogen-bond donors (Lipinski definition) is 1. The van der Waals surface area contributed by atoms with E-state index >= 15 is 0 Å². The molecular formula is C19H30O2. The number of hydrogen-bond acceptors (Lipinski definition) is 2. The lowest BCUT2D eigenvalue weighted by molar-refractivity contribution is -0.144. The summed E-state index contributed by atoms with van der Waals surface area (Å²) in [4.78, 5) is 12.1. The van der Waals surface area contributed by atoms with E-state index in [1.165, 1.54) is 32.1 Å². The molecule has 4 aliphatic rings. The first kappa shape index (κ1) is 14.2. The second-order valence-electron chi connectivity index (χ2n) is 9.05. The molecule has 4 fully saturated rings. The summed E-state index contributed by atoms with van der Waals surface area (Å²) < 4.78 is 0. The number of fused-ring (bicyclic) bond motifs is 5. The molecule has 4 rings (SSSR count). The first-order valence-electron chi connectivity index (χ1n) is 9.15. The molecule has 0 spiro atoms. The molecule has 4 saturated carbocycles. The molecule has 0 unspecified atom stereocenters. The van der Waals surface area contributed by atoms with Crippen LogP contribution in [0.3, 0.4) is 0 Å². The maximum Gasteiger partial charge on any atom is 0.133 e. The number of carbonyl (C=O) groups excluding carboxylic acids is 1. The van der Waals surface area contributed by atoms with E-state index < -0.39 is 0 Å². The maximum atomic E-state index is 12.1. The van der Waals surface area contributed by atoms with E-state index in [1.807, 2.05) is 0 Å². The van der Waals surface area contributed by atoms with Crippen LogP contribution in [0, 0.1) is 34.5 Å². The molecule has 4 aliphatic carbocycles. The van der Waals surface area contributed by atoms with Crippen LogP contribution in [0.1, 0.15) is 71.6 Å². The predicted molar refractivity (Wildman–Crippen MR) is 82.7 cm³/mol. The van der Waals surface area contributed by atoms with Crippen LogP contribution in [-0.4, -0.2) is 17.0 Å². The minimum Gasteiger partial charge on any atom is -0.393 e. The van der Waals surface area contributed by atoms with Crippen molar-refractivity contribution in [1.29, 1.82) is 0 Å². The summed E-state index contributed by atoms with van der Waals surface area (Å²) in [5, 5.41) is 10.5. The lowest BCUT2D eigenvalue weighted by atomic mass is 9.45. The SMILES string of the molecule is C[C@]12CC(=O)CC[C@@H]1CC[C@@H]1[C@@H]2CC[C@]2(C)[C@@H](O)CC[C@@H]12. The van der Waals surface area contributed by atoms with E-state index in [-0.39, 0.29) is 16.9 Å². The molecule has 21 heavy (non-hydrogen) atoms. The largest absolute Gasteiger partial charge is 0.393 e. The van der Waals surface area contributed by atoms with Crippen LogP contribution < -0.4 is 0 Å². The Morgan fingerprint density at radius 3 is 2.52 bits per heavy atom. The highest BCUT2D eigenvalue weighted by atomic mass is 16.3. The summed E-state index contributed by atoms with van der Waals surface area (Å²) in [6.45, 7) is 4.77. The highest BCUT2D eigenvalue weighted by Crippen LogP contribution is 2.65. The van der Waals surface area contributed by atoms with Gasteiger partial charge in [-0.25, -0.2) is 0 Å². The molecule has 2 nitrogen and oxygen atoms in total. The van der Waals surface area contributed by atoms with Gasteiger partial charge in [0.1, 0.15) is 5.78 Å². The fraction of sp³-hybridized carbons (Fsp3) is 0.947. The molecule has 2 heteroatoms. The zero-order valence-corrected chi connectivity index (χ0v) is 13.6. The third-order valence-electron chi connectivity index (χ3n) is 8.36. The molecule has 0 amide bonds. The predicted octanol–water partition coefficient (Wildman–Crippen LogP) is 3.96. The van der Waals surface area contributed by atoms with Crippen LogP contribution >= 0.6 is 0 Å². The Kier molecular flexibility index (Phi) is 3.10. The quantitative estimate of drug-likeness (QED) is 0.733. The Hall–Kier alpha value is -0.370. The van der Waals surface area contributed by atoms with Gasteiger partial charge >= 0.3 is 0 Å². The van der Waals surface area contributed by atoms with Gasteiger partial charge in [0.25, 0.3) is 0 Å². The van der Waals surface area contributed by atoms with Gasteiger partial charge in [0.15, 0.2) is 0 Å². The van der Waals surface area contributed by atoms with E-state index in [0.29, 0.717) is 11.7 Å². The molecule has 0 aromatic heterocycles. The van der Waals surface area contributed by atoms with E-state index in [1.54, 1.807) is 0 Å². The first-order valence-corrected chi connectivity index (χ1v) is 9.15. The Balaban J connectivity index is 1.66.